The van der Waals surface area contributed by atoms with Crippen molar-refractivity contribution in [2.24, 2.45) is 0 Å². The molecule has 3 aromatic rings. The van der Waals surface area contributed by atoms with Crippen LogP contribution < -0.4 is 5.32 Å². The van der Waals surface area contributed by atoms with Crippen LogP contribution in [0.15, 0.2) is 45.4 Å². The summed E-state index contributed by atoms with van der Waals surface area (Å²) in [6.45, 7) is 7.45. The molecule has 27 heavy (non-hydrogen) atoms. The molecule has 0 aliphatic heterocycles. The van der Waals surface area contributed by atoms with Gasteiger partial charge >= 0.3 is 6.09 Å². The fraction of sp³-hybridized carbons (Fsp3) is 0.250. The molecule has 7 heteroatoms. The Labute approximate surface area is 166 Å². The van der Waals surface area contributed by atoms with Gasteiger partial charge in [0.15, 0.2) is 0 Å². The number of rotatable bonds is 4. The number of pyridine rings is 1. The number of benzene rings is 1. The summed E-state index contributed by atoms with van der Waals surface area (Å²) in [6, 6.07) is 11.5. The van der Waals surface area contributed by atoms with Gasteiger partial charge in [-0.25, -0.2) is 9.78 Å². The summed E-state index contributed by atoms with van der Waals surface area (Å²) >= 11 is 3.42. The highest BCUT2D eigenvalue weighted by molar-refractivity contribution is 9.10. The number of amides is 1. The molecule has 0 spiro atoms. The molecule has 2 heterocycles. The first kappa shape index (κ1) is 19.1. The van der Waals surface area contributed by atoms with Crippen molar-refractivity contribution in [3.05, 3.63) is 63.4 Å². The van der Waals surface area contributed by atoms with Gasteiger partial charge in [-0.1, -0.05) is 29.4 Å². The molecule has 140 valence electrons. The lowest BCUT2D eigenvalue weighted by atomic mass is 10.1. The fourth-order valence-corrected chi connectivity index (χ4v) is 2.98. The molecular weight excluding hydrogens is 410 g/mol. The minimum Gasteiger partial charge on any atom is -0.441 e. The zero-order valence-corrected chi connectivity index (χ0v) is 17.1. The highest BCUT2D eigenvalue weighted by Gasteiger charge is 2.21. The van der Waals surface area contributed by atoms with Crippen LogP contribution in [-0.4, -0.2) is 16.2 Å². The van der Waals surface area contributed by atoms with E-state index in [0.29, 0.717) is 22.8 Å². The molecule has 3 rings (SSSR count). The Morgan fingerprint density at radius 3 is 2.59 bits per heavy atom. The normalized spacial score (nSPS) is 11.9. The van der Waals surface area contributed by atoms with Gasteiger partial charge in [-0.2, -0.15) is 0 Å². The molecule has 0 saturated carbocycles. The number of ether oxygens (including phenoxy) is 1. The molecule has 0 aliphatic carbocycles. The van der Waals surface area contributed by atoms with Crippen LogP contribution in [0.3, 0.4) is 0 Å². The van der Waals surface area contributed by atoms with Crippen molar-refractivity contribution in [2.45, 2.75) is 33.8 Å². The lowest BCUT2D eigenvalue weighted by Crippen LogP contribution is -2.17. The minimum absolute atomic E-state index is 0.386. The number of nitrogens with one attached hydrogen (secondary N) is 1. The smallest absolute Gasteiger partial charge is 0.412 e. The Kier molecular flexibility index (Phi) is 5.60. The molecule has 1 atom stereocenters. The number of carbonyl (C=O) groups excluding carboxylic acids is 1. The summed E-state index contributed by atoms with van der Waals surface area (Å²) in [7, 11) is 0. The largest absolute Gasteiger partial charge is 0.441 e. The van der Waals surface area contributed by atoms with E-state index in [4.69, 9.17) is 9.26 Å². The van der Waals surface area contributed by atoms with Crippen LogP contribution in [0.1, 0.15) is 35.5 Å². The number of anilines is 1. The van der Waals surface area contributed by atoms with Gasteiger partial charge in [-0.05, 0) is 66.9 Å². The van der Waals surface area contributed by atoms with Crippen LogP contribution >= 0.6 is 15.9 Å². The first-order chi connectivity index (χ1) is 12.9. The van der Waals surface area contributed by atoms with Crippen molar-refractivity contribution >= 4 is 27.7 Å². The van der Waals surface area contributed by atoms with E-state index in [-0.39, 0.29) is 6.10 Å². The van der Waals surface area contributed by atoms with E-state index in [1.54, 1.807) is 13.0 Å². The lowest BCUT2D eigenvalue weighted by Gasteiger charge is -2.16. The number of hydrogen-bond donors (Lipinski definition) is 1. The number of hydrogen-bond acceptors (Lipinski definition) is 5. The van der Waals surface area contributed by atoms with Crippen molar-refractivity contribution in [3.8, 4) is 11.5 Å². The van der Waals surface area contributed by atoms with Gasteiger partial charge in [0.05, 0.1) is 5.69 Å². The molecule has 0 fully saturated rings. The summed E-state index contributed by atoms with van der Waals surface area (Å²) in [5.74, 6) is 0.392. The van der Waals surface area contributed by atoms with Crippen LogP contribution in [0.5, 0.6) is 0 Å². The molecule has 1 unspecified atom stereocenters. The predicted octanol–water partition coefficient (Wildman–Crippen LogP) is 5.73. The van der Waals surface area contributed by atoms with Crippen molar-refractivity contribution < 1.29 is 14.1 Å². The molecule has 0 saturated heterocycles. The van der Waals surface area contributed by atoms with Gasteiger partial charge in [-0.3, -0.25) is 5.32 Å². The van der Waals surface area contributed by atoms with Crippen molar-refractivity contribution in [1.29, 1.82) is 0 Å². The zero-order valence-electron chi connectivity index (χ0n) is 15.5. The molecule has 2 aromatic heterocycles. The molecule has 0 aliphatic rings. The molecule has 1 amide bonds. The second-order valence-corrected chi connectivity index (χ2v) is 7.12. The number of halogens is 1. The monoisotopic (exact) mass is 429 g/mol. The van der Waals surface area contributed by atoms with Crippen LogP contribution in [0.25, 0.3) is 11.5 Å². The van der Waals surface area contributed by atoms with Gasteiger partial charge in [0.1, 0.15) is 23.2 Å². The first-order valence-corrected chi connectivity index (χ1v) is 9.29. The Morgan fingerprint density at radius 1 is 1.15 bits per heavy atom. The standard InChI is InChI=1S/C20H20BrN3O3/c1-11-7-5-6-8-15(11)14(4)26-20(25)23-18-13(3)24-27-19(18)17-10-9-16(21)12(2)22-17/h5-10,14H,1-4H3,(H,23,25). The Bertz CT molecular complexity index is 984. The van der Waals surface area contributed by atoms with E-state index >= 15 is 0 Å². The third kappa shape index (κ3) is 4.19. The lowest BCUT2D eigenvalue weighted by molar-refractivity contribution is 0.121. The highest BCUT2D eigenvalue weighted by atomic mass is 79.9. The van der Waals surface area contributed by atoms with Gasteiger partial charge in [0.2, 0.25) is 5.76 Å². The number of aryl methyl sites for hydroxylation is 3. The highest BCUT2D eigenvalue weighted by Crippen LogP contribution is 2.31. The molecule has 0 bridgehead atoms. The van der Waals surface area contributed by atoms with E-state index in [1.807, 2.05) is 51.1 Å². The first-order valence-electron chi connectivity index (χ1n) is 8.49. The van der Waals surface area contributed by atoms with Gasteiger partial charge in [0.25, 0.3) is 0 Å². The van der Waals surface area contributed by atoms with Crippen molar-refractivity contribution in [1.82, 2.24) is 10.1 Å². The van der Waals surface area contributed by atoms with Crippen LogP contribution in [0, 0.1) is 20.8 Å². The maximum atomic E-state index is 12.4. The summed E-state index contributed by atoms with van der Waals surface area (Å²) in [5.41, 5.74) is 4.41. The third-order valence-electron chi connectivity index (χ3n) is 4.25. The van der Waals surface area contributed by atoms with Gasteiger partial charge in [-0.15, -0.1) is 0 Å². The van der Waals surface area contributed by atoms with Crippen LogP contribution in [0.4, 0.5) is 10.5 Å². The average Bonchev–Trinajstić information content (AvgIpc) is 2.98. The van der Waals surface area contributed by atoms with E-state index in [0.717, 1.165) is 21.3 Å². The molecule has 0 radical (unpaired) electrons. The maximum absolute atomic E-state index is 12.4. The summed E-state index contributed by atoms with van der Waals surface area (Å²) in [6.07, 6.45) is -0.963. The zero-order chi connectivity index (χ0) is 19.6. The van der Waals surface area contributed by atoms with Crippen molar-refractivity contribution in [3.63, 3.8) is 0 Å². The maximum Gasteiger partial charge on any atom is 0.412 e. The second-order valence-electron chi connectivity index (χ2n) is 6.26. The van der Waals surface area contributed by atoms with E-state index < -0.39 is 6.09 Å². The van der Waals surface area contributed by atoms with Gasteiger partial charge in [0, 0.05) is 4.47 Å². The molecule has 1 aromatic carbocycles. The van der Waals surface area contributed by atoms with Crippen LogP contribution in [-0.2, 0) is 4.74 Å². The second kappa shape index (κ2) is 7.92. The number of carbonyl (C=O) groups is 1. The SMILES string of the molecule is Cc1ccccc1C(C)OC(=O)Nc1c(C)noc1-c1ccc(Br)c(C)n1. The topological polar surface area (TPSA) is 77.2 Å². The summed E-state index contributed by atoms with van der Waals surface area (Å²) in [5, 5.41) is 6.69. The Hall–Kier alpha value is -2.67. The number of aromatic nitrogens is 2. The fourth-order valence-electron chi connectivity index (χ4n) is 2.76. The quantitative estimate of drug-likeness (QED) is 0.572. The molecule has 6 nitrogen and oxygen atoms in total. The minimum atomic E-state index is -0.577. The average molecular weight is 430 g/mol. The summed E-state index contributed by atoms with van der Waals surface area (Å²) in [4.78, 5) is 16.9. The van der Waals surface area contributed by atoms with Gasteiger partial charge < -0.3 is 9.26 Å². The summed E-state index contributed by atoms with van der Waals surface area (Å²) < 4.78 is 11.8. The van der Waals surface area contributed by atoms with Crippen LogP contribution in [0.2, 0.25) is 0 Å². The van der Waals surface area contributed by atoms with E-state index in [2.05, 4.69) is 31.4 Å². The molecule has 1 N–H and O–H groups in total. The predicted molar refractivity (Wildman–Crippen MR) is 107 cm³/mol. The van der Waals surface area contributed by atoms with E-state index in [9.17, 15) is 4.79 Å². The Balaban J connectivity index is 1.79. The number of nitrogens with zero attached hydrogens (tertiary/aromatic N) is 2. The van der Waals surface area contributed by atoms with Crippen molar-refractivity contribution in [2.75, 3.05) is 5.32 Å². The Morgan fingerprint density at radius 2 is 1.89 bits per heavy atom. The van der Waals surface area contributed by atoms with E-state index in [1.165, 1.54) is 0 Å². The molecular formula is C20H20BrN3O3. The third-order valence-corrected chi connectivity index (χ3v) is 5.09.